The maximum absolute atomic E-state index is 11.9. The Morgan fingerprint density at radius 2 is 2.30 bits per heavy atom. The maximum Gasteiger partial charge on any atom is 0.273 e. The van der Waals surface area contributed by atoms with Crippen molar-refractivity contribution in [3.8, 4) is 0 Å². The van der Waals surface area contributed by atoms with Gasteiger partial charge in [0, 0.05) is 5.69 Å². The number of benzene rings is 1. The Kier molecular flexibility index (Phi) is 2.94. The van der Waals surface area contributed by atoms with Crippen LogP contribution in [0.25, 0.3) is 0 Å². The summed E-state index contributed by atoms with van der Waals surface area (Å²) >= 11 is 0. The van der Waals surface area contributed by atoms with E-state index in [1.807, 2.05) is 25.1 Å². The van der Waals surface area contributed by atoms with Gasteiger partial charge in [-0.15, -0.1) is 0 Å². The highest BCUT2D eigenvalue weighted by Crippen LogP contribution is 2.26. The van der Waals surface area contributed by atoms with Crippen LogP contribution in [-0.4, -0.2) is 27.2 Å². The van der Waals surface area contributed by atoms with Crippen molar-refractivity contribution in [3.05, 3.63) is 41.2 Å². The van der Waals surface area contributed by atoms with Gasteiger partial charge in [-0.05, 0) is 24.1 Å². The van der Waals surface area contributed by atoms with Crippen LogP contribution in [0.15, 0.2) is 24.4 Å². The van der Waals surface area contributed by atoms with Gasteiger partial charge in [0.15, 0.2) is 5.69 Å². The molecule has 3 rings (SSSR count). The Balaban J connectivity index is 1.75. The van der Waals surface area contributed by atoms with Crippen molar-refractivity contribution in [2.45, 2.75) is 19.4 Å². The van der Waals surface area contributed by atoms with E-state index in [2.05, 4.69) is 26.0 Å². The van der Waals surface area contributed by atoms with Crippen LogP contribution in [0.4, 0.5) is 5.69 Å². The Hall–Kier alpha value is -2.70. The summed E-state index contributed by atoms with van der Waals surface area (Å²) < 4.78 is 0. The van der Waals surface area contributed by atoms with Gasteiger partial charge in [-0.1, -0.05) is 12.1 Å². The number of carbonyl (C=O) groups is 2. The van der Waals surface area contributed by atoms with E-state index in [-0.39, 0.29) is 23.6 Å². The first kappa shape index (κ1) is 12.3. The standard InChI is InChI=1S/C13H13N5O2/c1-7(15-13(20)11-6-14-18-17-11)8-2-3-10-9(4-8)5-12(19)16-10/h2-4,6-7H,5H2,1H3,(H,15,20)(H,16,19)(H,14,17,18). The summed E-state index contributed by atoms with van der Waals surface area (Å²) in [4.78, 5) is 23.2. The molecule has 3 N–H and O–H groups in total. The minimum absolute atomic E-state index is 0.00330. The third-order valence-corrected chi connectivity index (χ3v) is 3.25. The first-order valence-corrected chi connectivity index (χ1v) is 6.23. The summed E-state index contributed by atoms with van der Waals surface area (Å²) in [6, 6.07) is 5.49. The highest BCUT2D eigenvalue weighted by molar-refractivity contribution is 5.99. The van der Waals surface area contributed by atoms with E-state index in [0.29, 0.717) is 6.42 Å². The third kappa shape index (κ3) is 2.25. The van der Waals surface area contributed by atoms with Crippen molar-refractivity contribution in [2.75, 3.05) is 5.32 Å². The molecule has 102 valence electrons. The zero-order chi connectivity index (χ0) is 14.1. The predicted octanol–water partition coefficient (Wildman–Crippen LogP) is 0.790. The predicted molar refractivity (Wildman–Crippen MR) is 71.0 cm³/mol. The van der Waals surface area contributed by atoms with Crippen LogP contribution < -0.4 is 10.6 Å². The molecule has 7 heteroatoms. The number of nitrogens with zero attached hydrogens (tertiary/aromatic N) is 2. The highest BCUT2D eigenvalue weighted by atomic mass is 16.2. The molecule has 7 nitrogen and oxygen atoms in total. The largest absolute Gasteiger partial charge is 0.344 e. The van der Waals surface area contributed by atoms with Crippen LogP contribution in [0.5, 0.6) is 0 Å². The van der Waals surface area contributed by atoms with Gasteiger partial charge in [-0.2, -0.15) is 15.4 Å². The number of anilines is 1. The lowest BCUT2D eigenvalue weighted by Crippen LogP contribution is -2.27. The molecule has 0 spiro atoms. The molecule has 1 aromatic heterocycles. The van der Waals surface area contributed by atoms with E-state index in [1.165, 1.54) is 6.20 Å². The Labute approximate surface area is 114 Å². The summed E-state index contributed by atoms with van der Waals surface area (Å²) in [5.74, 6) is -0.294. The first-order valence-electron chi connectivity index (χ1n) is 6.23. The van der Waals surface area contributed by atoms with E-state index in [1.54, 1.807) is 0 Å². The quantitative estimate of drug-likeness (QED) is 0.768. The zero-order valence-corrected chi connectivity index (χ0v) is 10.8. The van der Waals surface area contributed by atoms with Gasteiger partial charge in [0.25, 0.3) is 5.91 Å². The van der Waals surface area contributed by atoms with E-state index >= 15 is 0 Å². The fourth-order valence-electron chi connectivity index (χ4n) is 2.18. The van der Waals surface area contributed by atoms with Gasteiger partial charge in [0.2, 0.25) is 5.91 Å². The Morgan fingerprint density at radius 1 is 1.45 bits per heavy atom. The topological polar surface area (TPSA) is 99.8 Å². The van der Waals surface area contributed by atoms with E-state index in [0.717, 1.165) is 16.8 Å². The molecule has 0 saturated carbocycles. The molecule has 2 aromatic rings. The van der Waals surface area contributed by atoms with Crippen LogP contribution >= 0.6 is 0 Å². The molecule has 0 aliphatic carbocycles. The molecule has 20 heavy (non-hydrogen) atoms. The molecule has 2 amide bonds. The van der Waals surface area contributed by atoms with Crippen LogP contribution in [0.2, 0.25) is 0 Å². The number of nitrogens with one attached hydrogen (secondary N) is 3. The number of fused-ring (bicyclic) bond motifs is 1. The second kappa shape index (κ2) is 4.76. The average molecular weight is 271 g/mol. The number of amides is 2. The molecule has 0 radical (unpaired) electrons. The van der Waals surface area contributed by atoms with Gasteiger partial charge < -0.3 is 10.6 Å². The molecule has 2 heterocycles. The van der Waals surface area contributed by atoms with Crippen LogP contribution in [-0.2, 0) is 11.2 Å². The van der Waals surface area contributed by atoms with Crippen molar-refractivity contribution in [1.29, 1.82) is 0 Å². The maximum atomic E-state index is 11.9. The normalized spacial score (nSPS) is 14.6. The molecule has 1 aromatic carbocycles. The second-order valence-electron chi connectivity index (χ2n) is 4.69. The molecular formula is C13H13N5O2. The van der Waals surface area contributed by atoms with Crippen molar-refractivity contribution < 1.29 is 9.59 Å². The molecule has 0 saturated heterocycles. The highest BCUT2D eigenvalue weighted by Gasteiger charge is 2.20. The number of carbonyl (C=O) groups excluding carboxylic acids is 2. The van der Waals surface area contributed by atoms with Gasteiger partial charge in [-0.25, -0.2) is 0 Å². The number of aromatic nitrogens is 3. The molecule has 0 fully saturated rings. The molecular weight excluding hydrogens is 258 g/mol. The van der Waals surface area contributed by atoms with Crippen LogP contribution in [0, 0.1) is 0 Å². The lowest BCUT2D eigenvalue weighted by atomic mass is 10.0. The first-order chi connectivity index (χ1) is 9.63. The smallest absolute Gasteiger partial charge is 0.273 e. The van der Waals surface area contributed by atoms with E-state index in [4.69, 9.17) is 0 Å². The molecule has 1 atom stereocenters. The van der Waals surface area contributed by atoms with Gasteiger partial charge in [0.05, 0.1) is 18.7 Å². The van der Waals surface area contributed by atoms with Gasteiger partial charge in [-0.3, -0.25) is 9.59 Å². The SMILES string of the molecule is CC(NC(=O)c1cn[nH]n1)c1ccc2c(c1)CC(=O)N2. The molecule has 0 bridgehead atoms. The molecule has 1 aliphatic heterocycles. The Bertz CT molecular complexity index is 665. The number of aromatic amines is 1. The van der Waals surface area contributed by atoms with Crippen LogP contribution in [0.1, 0.15) is 34.6 Å². The summed E-state index contributed by atoms with van der Waals surface area (Å²) in [7, 11) is 0. The summed E-state index contributed by atoms with van der Waals surface area (Å²) in [6.07, 6.45) is 1.75. The van der Waals surface area contributed by atoms with Gasteiger partial charge in [0.1, 0.15) is 0 Å². The minimum atomic E-state index is -0.291. The van der Waals surface area contributed by atoms with E-state index < -0.39 is 0 Å². The third-order valence-electron chi connectivity index (χ3n) is 3.25. The van der Waals surface area contributed by atoms with Crippen LogP contribution in [0.3, 0.4) is 0 Å². The van der Waals surface area contributed by atoms with Crippen molar-refractivity contribution in [3.63, 3.8) is 0 Å². The molecule has 1 unspecified atom stereocenters. The molecule has 1 aliphatic rings. The van der Waals surface area contributed by atoms with Crippen molar-refractivity contribution in [2.24, 2.45) is 0 Å². The van der Waals surface area contributed by atoms with E-state index in [9.17, 15) is 9.59 Å². The second-order valence-corrected chi connectivity index (χ2v) is 4.69. The lowest BCUT2D eigenvalue weighted by Gasteiger charge is -2.14. The number of H-pyrrole nitrogens is 1. The average Bonchev–Trinajstić information content (AvgIpc) is 3.05. The summed E-state index contributed by atoms with van der Waals surface area (Å²) in [6.45, 7) is 1.88. The van der Waals surface area contributed by atoms with Gasteiger partial charge >= 0.3 is 0 Å². The monoisotopic (exact) mass is 271 g/mol. The number of rotatable bonds is 3. The van der Waals surface area contributed by atoms with Crippen molar-refractivity contribution >= 4 is 17.5 Å². The lowest BCUT2D eigenvalue weighted by molar-refractivity contribution is -0.115. The zero-order valence-electron chi connectivity index (χ0n) is 10.8. The number of hydrogen-bond acceptors (Lipinski definition) is 4. The summed E-state index contributed by atoms with van der Waals surface area (Å²) in [5, 5.41) is 15.3. The number of hydrogen-bond donors (Lipinski definition) is 3. The fourth-order valence-corrected chi connectivity index (χ4v) is 2.18. The summed E-state index contributed by atoms with van der Waals surface area (Å²) in [5.41, 5.74) is 2.98. The minimum Gasteiger partial charge on any atom is -0.344 e. The fraction of sp³-hybridized carbons (Fsp3) is 0.231. The van der Waals surface area contributed by atoms with Crippen molar-refractivity contribution in [1.82, 2.24) is 20.7 Å². The Morgan fingerprint density at radius 3 is 3.05 bits per heavy atom.